The first-order chi connectivity index (χ1) is 5.59. The average Bonchev–Trinajstić information content (AvgIpc) is 2.27. The Hall–Kier alpha value is -0.530. The molecular formula is C10H12ClN. The SMILES string of the molecule is CC1(N)CCc2cc(Cl)ccc21. The van der Waals surface area contributed by atoms with Gasteiger partial charge in [-0.25, -0.2) is 0 Å². The van der Waals surface area contributed by atoms with E-state index in [1.54, 1.807) is 0 Å². The highest BCUT2D eigenvalue weighted by Crippen LogP contribution is 2.35. The number of hydrogen-bond donors (Lipinski definition) is 1. The van der Waals surface area contributed by atoms with Crippen LogP contribution in [0.15, 0.2) is 18.2 Å². The summed E-state index contributed by atoms with van der Waals surface area (Å²) in [5, 5.41) is 0.812. The highest BCUT2D eigenvalue weighted by Gasteiger charge is 2.29. The summed E-state index contributed by atoms with van der Waals surface area (Å²) in [7, 11) is 0. The Kier molecular flexibility index (Phi) is 1.67. The smallest absolute Gasteiger partial charge is 0.0408 e. The third-order valence-electron chi connectivity index (χ3n) is 2.60. The fourth-order valence-electron chi connectivity index (χ4n) is 1.86. The van der Waals surface area contributed by atoms with E-state index in [1.807, 2.05) is 18.2 Å². The lowest BCUT2D eigenvalue weighted by atomic mass is 9.96. The normalized spacial score (nSPS) is 27.2. The molecule has 1 atom stereocenters. The maximum Gasteiger partial charge on any atom is 0.0408 e. The minimum atomic E-state index is -0.139. The molecule has 0 aromatic heterocycles. The number of halogens is 1. The van der Waals surface area contributed by atoms with Crippen molar-refractivity contribution in [2.24, 2.45) is 5.73 Å². The van der Waals surface area contributed by atoms with Gasteiger partial charge in [0, 0.05) is 10.6 Å². The van der Waals surface area contributed by atoms with E-state index < -0.39 is 0 Å². The van der Waals surface area contributed by atoms with E-state index in [-0.39, 0.29) is 5.54 Å². The van der Waals surface area contributed by atoms with E-state index in [9.17, 15) is 0 Å². The van der Waals surface area contributed by atoms with Crippen LogP contribution in [0.2, 0.25) is 5.02 Å². The monoisotopic (exact) mass is 181 g/mol. The van der Waals surface area contributed by atoms with Gasteiger partial charge in [-0.2, -0.15) is 0 Å². The van der Waals surface area contributed by atoms with Crippen LogP contribution in [0.25, 0.3) is 0 Å². The zero-order valence-electron chi connectivity index (χ0n) is 7.10. The van der Waals surface area contributed by atoms with Gasteiger partial charge in [-0.3, -0.25) is 0 Å². The summed E-state index contributed by atoms with van der Waals surface area (Å²) in [6.07, 6.45) is 2.09. The molecule has 0 saturated heterocycles. The van der Waals surface area contributed by atoms with Gasteiger partial charge in [-0.05, 0) is 43.0 Å². The predicted molar refractivity (Wildman–Crippen MR) is 51.3 cm³/mol. The van der Waals surface area contributed by atoms with Crippen LogP contribution in [-0.4, -0.2) is 0 Å². The van der Waals surface area contributed by atoms with Crippen molar-refractivity contribution < 1.29 is 0 Å². The van der Waals surface area contributed by atoms with Crippen molar-refractivity contribution in [3.63, 3.8) is 0 Å². The van der Waals surface area contributed by atoms with Crippen molar-refractivity contribution in [2.75, 3.05) is 0 Å². The summed E-state index contributed by atoms with van der Waals surface area (Å²) in [5.74, 6) is 0. The number of nitrogens with two attached hydrogens (primary N) is 1. The Bertz CT molecular complexity index is 318. The van der Waals surface area contributed by atoms with Crippen LogP contribution in [-0.2, 0) is 12.0 Å². The fourth-order valence-corrected chi connectivity index (χ4v) is 2.05. The molecule has 2 rings (SSSR count). The van der Waals surface area contributed by atoms with E-state index in [1.165, 1.54) is 11.1 Å². The standard InChI is InChI=1S/C10H12ClN/c1-10(12)5-4-7-6-8(11)2-3-9(7)10/h2-3,6H,4-5,12H2,1H3. The Morgan fingerprint density at radius 2 is 2.25 bits per heavy atom. The molecule has 1 nitrogen and oxygen atoms in total. The third-order valence-corrected chi connectivity index (χ3v) is 2.83. The van der Waals surface area contributed by atoms with Crippen molar-refractivity contribution in [1.82, 2.24) is 0 Å². The number of rotatable bonds is 0. The molecule has 1 aromatic carbocycles. The van der Waals surface area contributed by atoms with Gasteiger partial charge in [0.05, 0.1) is 0 Å². The highest BCUT2D eigenvalue weighted by molar-refractivity contribution is 6.30. The van der Waals surface area contributed by atoms with E-state index in [2.05, 4.69) is 6.92 Å². The first-order valence-corrected chi connectivity index (χ1v) is 4.55. The lowest BCUT2D eigenvalue weighted by Crippen LogP contribution is -2.29. The Balaban J connectivity index is 2.55. The van der Waals surface area contributed by atoms with Gasteiger partial charge in [0.1, 0.15) is 0 Å². The largest absolute Gasteiger partial charge is 0.322 e. The number of fused-ring (bicyclic) bond motifs is 1. The summed E-state index contributed by atoms with van der Waals surface area (Å²) < 4.78 is 0. The van der Waals surface area contributed by atoms with Crippen molar-refractivity contribution >= 4 is 11.6 Å². The molecule has 0 bridgehead atoms. The topological polar surface area (TPSA) is 26.0 Å². The number of aryl methyl sites for hydroxylation is 1. The first-order valence-electron chi connectivity index (χ1n) is 4.17. The number of benzene rings is 1. The zero-order valence-corrected chi connectivity index (χ0v) is 7.86. The Morgan fingerprint density at radius 1 is 1.50 bits per heavy atom. The van der Waals surface area contributed by atoms with Crippen LogP contribution in [0.5, 0.6) is 0 Å². The van der Waals surface area contributed by atoms with Crippen molar-refractivity contribution in [1.29, 1.82) is 0 Å². The summed E-state index contributed by atoms with van der Waals surface area (Å²) >= 11 is 5.88. The van der Waals surface area contributed by atoms with Crippen LogP contribution in [0.1, 0.15) is 24.5 Å². The van der Waals surface area contributed by atoms with Crippen LogP contribution in [0, 0.1) is 0 Å². The fraction of sp³-hybridized carbons (Fsp3) is 0.400. The van der Waals surface area contributed by atoms with Crippen LogP contribution in [0.4, 0.5) is 0 Å². The van der Waals surface area contributed by atoms with Crippen molar-refractivity contribution in [2.45, 2.75) is 25.3 Å². The van der Waals surface area contributed by atoms with Gasteiger partial charge in [0.2, 0.25) is 0 Å². The molecule has 0 saturated carbocycles. The minimum Gasteiger partial charge on any atom is -0.322 e. The lowest BCUT2D eigenvalue weighted by molar-refractivity contribution is 0.492. The molecule has 1 aliphatic carbocycles. The van der Waals surface area contributed by atoms with Gasteiger partial charge in [0.25, 0.3) is 0 Å². The van der Waals surface area contributed by atoms with E-state index in [0.29, 0.717) is 0 Å². The molecule has 12 heavy (non-hydrogen) atoms. The van der Waals surface area contributed by atoms with Crippen LogP contribution < -0.4 is 5.73 Å². The van der Waals surface area contributed by atoms with Gasteiger partial charge >= 0.3 is 0 Å². The van der Waals surface area contributed by atoms with Gasteiger partial charge in [-0.1, -0.05) is 17.7 Å². The minimum absolute atomic E-state index is 0.139. The molecule has 0 radical (unpaired) electrons. The summed E-state index contributed by atoms with van der Waals surface area (Å²) in [4.78, 5) is 0. The molecule has 64 valence electrons. The second-order valence-electron chi connectivity index (χ2n) is 3.72. The van der Waals surface area contributed by atoms with E-state index >= 15 is 0 Å². The molecule has 1 unspecified atom stereocenters. The van der Waals surface area contributed by atoms with Crippen molar-refractivity contribution in [3.8, 4) is 0 Å². The Labute approximate surface area is 77.5 Å². The van der Waals surface area contributed by atoms with Gasteiger partial charge < -0.3 is 5.73 Å². The molecule has 1 aromatic rings. The quantitative estimate of drug-likeness (QED) is 0.654. The third kappa shape index (κ3) is 1.13. The molecular weight excluding hydrogens is 170 g/mol. The first kappa shape index (κ1) is 8.09. The highest BCUT2D eigenvalue weighted by atomic mass is 35.5. The van der Waals surface area contributed by atoms with Crippen molar-refractivity contribution in [3.05, 3.63) is 34.3 Å². The zero-order chi connectivity index (χ0) is 8.77. The van der Waals surface area contributed by atoms with Crippen LogP contribution in [0.3, 0.4) is 0 Å². The maximum absolute atomic E-state index is 6.10. The molecule has 0 heterocycles. The predicted octanol–water partition coefficient (Wildman–Crippen LogP) is 2.46. The molecule has 2 N–H and O–H groups in total. The lowest BCUT2D eigenvalue weighted by Gasteiger charge is -2.18. The summed E-state index contributed by atoms with van der Waals surface area (Å²) in [6.45, 7) is 2.08. The maximum atomic E-state index is 6.10. The van der Waals surface area contributed by atoms with Crippen LogP contribution >= 0.6 is 11.6 Å². The molecule has 1 aliphatic rings. The van der Waals surface area contributed by atoms with Gasteiger partial charge in [0.15, 0.2) is 0 Å². The summed E-state index contributed by atoms with van der Waals surface area (Å²) in [6, 6.07) is 5.98. The Morgan fingerprint density at radius 3 is 3.00 bits per heavy atom. The van der Waals surface area contributed by atoms with Gasteiger partial charge in [-0.15, -0.1) is 0 Å². The second kappa shape index (κ2) is 2.48. The molecule has 0 fully saturated rings. The van der Waals surface area contributed by atoms with E-state index in [0.717, 1.165) is 17.9 Å². The summed E-state index contributed by atoms with van der Waals surface area (Å²) in [5.41, 5.74) is 8.53. The molecule has 2 heteroatoms. The van der Waals surface area contributed by atoms with E-state index in [4.69, 9.17) is 17.3 Å². The average molecular weight is 182 g/mol. The molecule has 0 amide bonds. The molecule has 0 aliphatic heterocycles. The number of hydrogen-bond acceptors (Lipinski definition) is 1. The second-order valence-corrected chi connectivity index (χ2v) is 4.16. The molecule has 0 spiro atoms.